The van der Waals surface area contributed by atoms with E-state index in [4.69, 9.17) is 9.47 Å². The van der Waals surface area contributed by atoms with E-state index in [2.05, 4.69) is 11.9 Å². The first-order chi connectivity index (χ1) is 16.8. The predicted molar refractivity (Wildman–Crippen MR) is 124 cm³/mol. The summed E-state index contributed by atoms with van der Waals surface area (Å²) in [6.07, 6.45) is -0.698. The highest BCUT2D eigenvalue weighted by atomic mass is 19.1. The van der Waals surface area contributed by atoms with Crippen molar-refractivity contribution in [2.24, 2.45) is 5.92 Å². The number of carbonyl (C=O) groups excluding carboxylic acids is 3. The molecule has 11 heteroatoms. The van der Waals surface area contributed by atoms with Crippen LogP contribution in [0.5, 0.6) is 0 Å². The van der Waals surface area contributed by atoms with E-state index in [-0.39, 0.29) is 32.5 Å². The number of nitrogens with zero attached hydrogens (tertiary/aromatic N) is 2. The standard InChI is InChI=1S/C25H30FN3O7/c1-5-15-10-25(15,21(31)32)27-20(30)19-9-16(12-29(19)23(34)36-24(2,3)4)35-22(33)28-11-14-7-6-8-18(26)17(14)13-28/h5-8,15-16,19H,1,9-13H2,2-4H3,(H,27,30)(H,31,32)/t15-,16-,19+,25-/m1/s1. The molecule has 194 valence electrons. The van der Waals surface area contributed by atoms with Crippen LogP contribution in [0.4, 0.5) is 14.0 Å². The SMILES string of the molecule is C=C[C@@H]1C[C@]1(NC(=O)[C@@H]1C[C@@H](OC(=O)N2Cc3cccc(F)c3C2)CN1C(=O)OC(C)(C)C)C(=O)O. The number of fused-ring (bicyclic) bond motifs is 1. The third-order valence-electron chi connectivity index (χ3n) is 6.67. The van der Waals surface area contributed by atoms with Crippen molar-refractivity contribution in [3.05, 3.63) is 47.8 Å². The van der Waals surface area contributed by atoms with Crippen molar-refractivity contribution >= 4 is 24.1 Å². The Morgan fingerprint density at radius 1 is 1.22 bits per heavy atom. The monoisotopic (exact) mass is 503 g/mol. The predicted octanol–water partition coefficient (Wildman–Crippen LogP) is 2.80. The maximum Gasteiger partial charge on any atom is 0.411 e. The van der Waals surface area contributed by atoms with Crippen molar-refractivity contribution < 1.29 is 38.1 Å². The number of hydrogen-bond donors (Lipinski definition) is 2. The Morgan fingerprint density at radius 3 is 2.53 bits per heavy atom. The highest BCUT2D eigenvalue weighted by Gasteiger charge is 2.61. The Bertz CT molecular complexity index is 1120. The number of amides is 3. The van der Waals surface area contributed by atoms with Crippen molar-refractivity contribution in [3.63, 3.8) is 0 Å². The second-order valence-corrected chi connectivity index (χ2v) is 10.4. The number of likely N-dealkylation sites (tertiary alicyclic amines) is 1. The van der Waals surface area contributed by atoms with E-state index >= 15 is 0 Å². The Kier molecular flexibility index (Phi) is 6.44. The maximum atomic E-state index is 14.1. The van der Waals surface area contributed by atoms with Gasteiger partial charge in [0.2, 0.25) is 5.91 Å². The van der Waals surface area contributed by atoms with Crippen molar-refractivity contribution in [1.29, 1.82) is 0 Å². The lowest BCUT2D eigenvalue weighted by Crippen LogP contribution is -2.53. The number of hydrogen-bond acceptors (Lipinski definition) is 6. The molecule has 10 nitrogen and oxygen atoms in total. The van der Waals surface area contributed by atoms with Gasteiger partial charge >= 0.3 is 18.2 Å². The summed E-state index contributed by atoms with van der Waals surface area (Å²) in [5.74, 6) is -2.70. The fourth-order valence-electron chi connectivity index (χ4n) is 4.70. The van der Waals surface area contributed by atoms with Gasteiger partial charge in [0.05, 0.1) is 13.1 Å². The summed E-state index contributed by atoms with van der Waals surface area (Å²) in [6, 6.07) is 3.53. The van der Waals surface area contributed by atoms with Gasteiger partial charge in [-0.15, -0.1) is 6.58 Å². The number of carboxylic acid groups (broad SMARTS) is 1. The first-order valence-electron chi connectivity index (χ1n) is 11.7. The molecule has 1 aromatic carbocycles. The molecule has 0 bridgehead atoms. The van der Waals surface area contributed by atoms with E-state index in [1.807, 2.05) is 0 Å². The lowest BCUT2D eigenvalue weighted by molar-refractivity contribution is -0.144. The van der Waals surface area contributed by atoms with E-state index in [0.717, 1.165) is 4.90 Å². The average Bonchev–Trinajstić information content (AvgIpc) is 3.12. The zero-order valence-electron chi connectivity index (χ0n) is 20.5. The molecule has 0 spiro atoms. The number of ether oxygens (including phenoxy) is 2. The highest BCUT2D eigenvalue weighted by molar-refractivity contribution is 5.94. The largest absolute Gasteiger partial charge is 0.479 e. The molecule has 0 unspecified atom stereocenters. The zero-order valence-corrected chi connectivity index (χ0v) is 20.5. The molecule has 0 aromatic heterocycles. The maximum absolute atomic E-state index is 14.1. The van der Waals surface area contributed by atoms with Gasteiger partial charge < -0.3 is 19.9 Å². The molecule has 3 aliphatic rings. The Labute approximate surface area is 208 Å². The highest BCUT2D eigenvalue weighted by Crippen LogP contribution is 2.45. The molecule has 1 saturated carbocycles. The number of benzene rings is 1. The van der Waals surface area contributed by atoms with Crippen molar-refractivity contribution in [2.45, 2.75) is 70.0 Å². The minimum Gasteiger partial charge on any atom is -0.479 e. The topological polar surface area (TPSA) is 125 Å². The van der Waals surface area contributed by atoms with Crippen LogP contribution in [0, 0.1) is 11.7 Å². The minimum atomic E-state index is -1.47. The summed E-state index contributed by atoms with van der Waals surface area (Å²) in [5.41, 5.74) is -1.20. The minimum absolute atomic E-state index is 0.0412. The third kappa shape index (κ3) is 4.87. The molecule has 2 N–H and O–H groups in total. The lowest BCUT2D eigenvalue weighted by atomic mass is 10.1. The molecule has 3 amide bonds. The van der Waals surface area contributed by atoms with Crippen LogP contribution in [-0.4, -0.2) is 68.8 Å². The number of rotatable bonds is 5. The van der Waals surface area contributed by atoms with Crippen molar-refractivity contribution in [2.75, 3.05) is 6.54 Å². The summed E-state index contributed by atoms with van der Waals surface area (Å²) < 4.78 is 25.1. The Hall–Kier alpha value is -3.63. The molecule has 2 heterocycles. The van der Waals surface area contributed by atoms with Crippen LogP contribution in [0.3, 0.4) is 0 Å². The van der Waals surface area contributed by atoms with E-state index in [1.54, 1.807) is 32.9 Å². The zero-order chi connectivity index (χ0) is 26.4. The average molecular weight is 504 g/mol. The molecular weight excluding hydrogens is 473 g/mol. The summed E-state index contributed by atoms with van der Waals surface area (Å²) in [6.45, 7) is 8.76. The molecule has 1 aromatic rings. The molecule has 2 fully saturated rings. The lowest BCUT2D eigenvalue weighted by Gasteiger charge is -2.28. The van der Waals surface area contributed by atoms with Gasteiger partial charge in [-0.25, -0.2) is 18.8 Å². The number of carboxylic acids is 1. The van der Waals surface area contributed by atoms with Crippen molar-refractivity contribution in [1.82, 2.24) is 15.1 Å². The summed E-state index contributed by atoms with van der Waals surface area (Å²) in [4.78, 5) is 53.2. The quantitative estimate of drug-likeness (QED) is 0.592. The van der Waals surface area contributed by atoms with E-state index < -0.39 is 59.1 Å². The summed E-state index contributed by atoms with van der Waals surface area (Å²) in [7, 11) is 0. The Balaban J connectivity index is 1.47. The smallest absolute Gasteiger partial charge is 0.411 e. The second-order valence-electron chi connectivity index (χ2n) is 10.4. The number of nitrogens with one attached hydrogen (secondary N) is 1. The number of halogens is 1. The normalized spacial score (nSPS) is 26.7. The Morgan fingerprint density at radius 2 is 1.94 bits per heavy atom. The van der Waals surface area contributed by atoms with Gasteiger partial charge in [-0.1, -0.05) is 18.2 Å². The van der Waals surface area contributed by atoms with Gasteiger partial charge in [-0.3, -0.25) is 14.6 Å². The molecule has 0 radical (unpaired) electrons. The van der Waals surface area contributed by atoms with Crippen LogP contribution in [-0.2, 0) is 32.2 Å². The molecule has 2 aliphatic heterocycles. The first kappa shape index (κ1) is 25.5. The van der Waals surface area contributed by atoms with Crippen LogP contribution in [0.25, 0.3) is 0 Å². The van der Waals surface area contributed by atoms with Gasteiger partial charge in [0, 0.05) is 24.4 Å². The van der Waals surface area contributed by atoms with Gasteiger partial charge in [-0.2, -0.15) is 0 Å². The number of aliphatic carboxylic acids is 1. The van der Waals surface area contributed by atoms with Crippen LogP contribution in [0.2, 0.25) is 0 Å². The second kappa shape index (κ2) is 9.11. The fraction of sp³-hybridized carbons (Fsp3) is 0.520. The molecule has 36 heavy (non-hydrogen) atoms. The van der Waals surface area contributed by atoms with Gasteiger partial charge in [0.25, 0.3) is 0 Å². The first-order valence-corrected chi connectivity index (χ1v) is 11.7. The molecule has 1 saturated heterocycles. The number of carbonyl (C=O) groups is 4. The summed E-state index contributed by atoms with van der Waals surface area (Å²) >= 11 is 0. The van der Waals surface area contributed by atoms with Gasteiger partial charge in [-0.05, 0) is 38.8 Å². The van der Waals surface area contributed by atoms with E-state index in [1.165, 1.54) is 17.0 Å². The van der Waals surface area contributed by atoms with Gasteiger partial charge in [0.15, 0.2) is 0 Å². The van der Waals surface area contributed by atoms with E-state index in [9.17, 15) is 28.7 Å². The van der Waals surface area contributed by atoms with E-state index in [0.29, 0.717) is 11.1 Å². The molecule has 1 aliphatic carbocycles. The molecule has 4 atom stereocenters. The third-order valence-corrected chi connectivity index (χ3v) is 6.67. The van der Waals surface area contributed by atoms with Gasteiger partial charge in [0.1, 0.15) is 29.1 Å². The van der Waals surface area contributed by atoms with Crippen LogP contribution in [0.1, 0.15) is 44.7 Å². The summed E-state index contributed by atoms with van der Waals surface area (Å²) in [5, 5.41) is 12.2. The van der Waals surface area contributed by atoms with Crippen LogP contribution in [0.15, 0.2) is 30.9 Å². The van der Waals surface area contributed by atoms with Crippen molar-refractivity contribution in [3.8, 4) is 0 Å². The fourth-order valence-corrected chi connectivity index (χ4v) is 4.70. The molecule has 4 rings (SSSR count). The van der Waals surface area contributed by atoms with Crippen LogP contribution >= 0.6 is 0 Å². The molecular formula is C25H30FN3O7. The van der Waals surface area contributed by atoms with Crippen LogP contribution < -0.4 is 5.32 Å².